The Morgan fingerprint density at radius 2 is 1.83 bits per heavy atom. The molecule has 2 fully saturated rings. The quantitative estimate of drug-likeness (QED) is 0.817. The van der Waals surface area contributed by atoms with E-state index in [4.69, 9.17) is 14.2 Å². The van der Waals surface area contributed by atoms with Crippen molar-refractivity contribution >= 4 is 0 Å². The van der Waals surface area contributed by atoms with Crippen LogP contribution in [0.4, 0.5) is 0 Å². The zero-order valence-electron chi connectivity index (χ0n) is 11.9. The topological polar surface area (TPSA) is 39.7 Å². The molecule has 106 valence electrons. The van der Waals surface area contributed by atoms with Gasteiger partial charge in [0, 0.05) is 32.0 Å². The molecular weight excluding hydrogens is 230 g/mol. The lowest BCUT2D eigenvalue weighted by Crippen LogP contribution is -2.48. The molecule has 0 amide bonds. The molecule has 1 atom stereocenters. The molecule has 1 unspecified atom stereocenters. The van der Waals surface area contributed by atoms with Gasteiger partial charge < -0.3 is 19.5 Å². The molecular formula is C14H27NO3. The third-order valence-electron chi connectivity index (χ3n) is 4.16. The molecule has 0 aromatic carbocycles. The lowest BCUT2D eigenvalue weighted by atomic mass is 9.89. The van der Waals surface area contributed by atoms with Crippen molar-refractivity contribution in [2.75, 3.05) is 26.9 Å². The van der Waals surface area contributed by atoms with Crippen LogP contribution in [-0.4, -0.2) is 44.8 Å². The van der Waals surface area contributed by atoms with Crippen LogP contribution in [-0.2, 0) is 14.2 Å². The van der Waals surface area contributed by atoms with Gasteiger partial charge in [0.1, 0.15) is 0 Å². The minimum atomic E-state index is -0.243. The average molecular weight is 257 g/mol. The molecule has 0 aromatic heterocycles. The molecule has 1 spiro atoms. The predicted molar refractivity (Wildman–Crippen MR) is 70.5 cm³/mol. The first kappa shape index (κ1) is 14.3. The van der Waals surface area contributed by atoms with Gasteiger partial charge in [-0.3, -0.25) is 0 Å². The summed E-state index contributed by atoms with van der Waals surface area (Å²) in [4.78, 5) is 0. The van der Waals surface area contributed by atoms with Crippen molar-refractivity contribution < 1.29 is 14.2 Å². The van der Waals surface area contributed by atoms with Crippen LogP contribution >= 0.6 is 0 Å². The van der Waals surface area contributed by atoms with Gasteiger partial charge in [0.05, 0.1) is 19.8 Å². The molecule has 4 nitrogen and oxygen atoms in total. The van der Waals surface area contributed by atoms with Crippen LogP contribution in [0.1, 0.15) is 39.5 Å². The van der Waals surface area contributed by atoms with Crippen LogP contribution in [0, 0.1) is 5.92 Å². The SMILES string of the molecule is COCC(NC1CCC2(CC1)OCCO2)C(C)C. The maximum Gasteiger partial charge on any atom is 0.168 e. The van der Waals surface area contributed by atoms with Gasteiger partial charge in [-0.15, -0.1) is 0 Å². The number of rotatable bonds is 5. The zero-order chi connectivity index (χ0) is 13.0. The first-order valence-corrected chi connectivity index (χ1v) is 7.18. The maximum atomic E-state index is 5.75. The molecule has 0 aromatic rings. The molecule has 1 aliphatic carbocycles. The van der Waals surface area contributed by atoms with Crippen LogP contribution in [0.25, 0.3) is 0 Å². The van der Waals surface area contributed by atoms with E-state index in [1.165, 1.54) is 0 Å². The normalized spacial score (nSPS) is 26.0. The Morgan fingerprint density at radius 3 is 2.33 bits per heavy atom. The lowest BCUT2D eigenvalue weighted by Gasteiger charge is -2.37. The third-order valence-corrected chi connectivity index (χ3v) is 4.16. The summed E-state index contributed by atoms with van der Waals surface area (Å²) in [5, 5.41) is 3.73. The molecule has 0 radical (unpaired) electrons. The van der Waals surface area contributed by atoms with Gasteiger partial charge in [-0.2, -0.15) is 0 Å². The molecule has 1 saturated heterocycles. The van der Waals surface area contributed by atoms with Gasteiger partial charge in [0.15, 0.2) is 5.79 Å². The van der Waals surface area contributed by atoms with E-state index in [9.17, 15) is 0 Å². The average Bonchev–Trinajstić information content (AvgIpc) is 2.80. The van der Waals surface area contributed by atoms with Gasteiger partial charge in [-0.25, -0.2) is 0 Å². The fourth-order valence-electron chi connectivity index (χ4n) is 2.93. The van der Waals surface area contributed by atoms with E-state index in [1.807, 2.05) is 0 Å². The highest BCUT2D eigenvalue weighted by Crippen LogP contribution is 2.35. The minimum Gasteiger partial charge on any atom is -0.383 e. The molecule has 1 heterocycles. The smallest absolute Gasteiger partial charge is 0.168 e. The van der Waals surface area contributed by atoms with Crippen molar-refractivity contribution in [1.82, 2.24) is 5.32 Å². The lowest BCUT2D eigenvalue weighted by molar-refractivity contribution is -0.180. The fourth-order valence-corrected chi connectivity index (χ4v) is 2.93. The van der Waals surface area contributed by atoms with Gasteiger partial charge in [0.2, 0.25) is 0 Å². The number of hydrogen-bond acceptors (Lipinski definition) is 4. The fraction of sp³-hybridized carbons (Fsp3) is 1.00. The van der Waals surface area contributed by atoms with Crippen LogP contribution in [0.3, 0.4) is 0 Å². The van der Waals surface area contributed by atoms with E-state index < -0.39 is 0 Å². The van der Waals surface area contributed by atoms with E-state index in [2.05, 4.69) is 19.2 Å². The Morgan fingerprint density at radius 1 is 1.22 bits per heavy atom. The van der Waals surface area contributed by atoms with Gasteiger partial charge >= 0.3 is 0 Å². The highest BCUT2D eigenvalue weighted by Gasteiger charge is 2.40. The number of hydrogen-bond donors (Lipinski definition) is 1. The molecule has 0 bridgehead atoms. The van der Waals surface area contributed by atoms with Crippen molar-refractivity contribution in [2.24, 2.45) is 5.92 Å². The summed E-state index contributed by atoms with van der Waals surface area (Å²) < 4.78 is 16.8. The Kier molecular flexibility index (Phi) is 5.01. The third kappa shape index (κ3) is 3.44. The number of ether oxygens (including phenoxy) is 3. The van der Waals surface area contributed by atoms with Crippen molar-refractivity contribution in [3.63, 3.8) is 0 Å². The van der Waals surface area contributed by atoms with Crippen molar-refractivity contribution in [1.29, 1.82) is 0 Å². The summed E-state index contributed by atoms with van der Waals surface area (Å²) in [7, 11) is 1.77. The van der Waals surface area contributed by atoms with E-state index in [-0.39, 0.29) is 5.79 Å². The first-order valence-electron chi connectivity index (χ1n) is 7.18. The maximum absolute atomic E-state index is 5.75. The highest BCUT2D eigenvalue weighted by atomic mass is 16.7. The van der Waals surface area contributed by atoms with E-state index in [0.29, 0.717) is 18.0 Å². The standard InChI is InChI=1S/C14H27NO3/c1-11(2)13(10-16-3)15-12-4-6-14(7-5-12)17-8-9-18-14/h11-13,15H,4-10H2,1-3H3. The Labute approximate surface area is 110 Å². The molecule has 4 heteroatoms. The van der Waals surface area contributed by atoms with Crippen LogP contribution in [0.5, 0.6) is 0 Å². The van der Waals surface area contributed by atoms with Crippen molar-refractivity contribution in [3.8, 4) is 0 Å². The number of nitrogens with one attached hydrogen (secondary N) is 1. The van der Waals surface area contributed by atoms with Crippen LogP contribution in [0.15, 0.2) is 0 Å². The summed E-state index contributed by atoms with van der Waals surface area (Å²) in [6.45, 7) is 6.79. The molecule has 18 heavy (non-hydrogen) atoms. The second kappa shape index (κ2) is 6.33. The van der Waals surface area contributed by atoms with Crippen LogP contribution < -0.4 is 5.32 Å². The van der Waals surface area contributed by atoms with Gasteiger partial charge in [0.25, 0.3) is 0 Å². The van der Waals surface area contributed by atoms with Gasteiger partial charge in [-0.05, 0) is 18.8 Å². The molecule has 2 rings (SSSR count). The van der Waals surface area contributed by atoms with E-state index in [0.717, 1.165) is 45.5 Å². The highest BCUT2D eigenvalue weighted by molar-refractivity contribution is 4.87. The molecule has 1 saturated carbocycles. The monoisotopic (exact) mass is 257 g/mol. The zero-order valence-corrected chi connectivity index (χ0v) is 11.9. The summed E-state index contributed by atoms with van der Waals surface area (Å²) in [5.74, 6) is 0.354. The minimum absolute atomic E-state index is 0.243. The van der Waals surface area contributed by atoms with E-state index in [1.54, 1.807) is 7.11 Å². The van der Waals surface area contributed by atoms with Crippen molar-refractivity contribution in [2.45, 2.75) is 57.4 Å². The first-order chi connectivity index (χ1) is 8.65. The Balaban J connectivity index is 1.78. The Bertz CT molecular complexity index is 241. The molecule has 1 aliphatic heterocycles. The molecule has 2 aliphatic rings. The van der Waals surface area contributed by atoms with E-state index >= 15 is 0 Å². The predicted octanol–water partition coefficient (Wildman–Crippen LogP) is 1.93. The number of methoxy groups -OCH3 is 1. The summed E-state index contributed by atoms with van der Waals surface area (Å²) in [6, 6.07) is 1.02. The van der Waals surface area contributed by atoms with Gasteiger partial charge in [-0.1, -0.05) is 13.8 Å². The van der Waals surface area contributed by atoms with Crippen molar-refractivity contribution in [3.05, 3.63) is 0 Å². The summed E-state index contributed by atoms with van der Waals surface area (Å²) in [5.41, 5.74) is 0. The Hall–Kier alpha value is -0.160. The second-order valence-corrected chi connectivity index (χ2v) is 5.85. The largest absolute Gasteiger partial charge is 0.383 e. The molecule has 1 N–H and O–H groups in total. The summed E-state index contributed by atoms with van der Waals surface area (Å²) >= 11 is 0. The summed E-state index contributed by atoms with van der Waals surface area (Å²) in [6.07, 6.45) is 4.30. The van der Waals surface area contributed by atoms with Crippen LogP contribution in [0.2, 0.25) is 0 Å². The second-order valence-electron chi connectivity index (χ2n) is 5.85.